The molecule has 0 fully saturated rings. The summed E-state index contributed by atoms with van der Waals surface area (Å²) in [5.74, 6) is 0. The van der Waals surface area contributed by atoms with Crippen LogP contribution in [0.15, 0.2) is 85.1 Å². The Balaban J connectivity index is 2.05. The fraction of sp³-hybridized carbons (Fsp3) is 0.100. The molecule has 1 heteroatoms. The quantitative estimate of drug-likeness (QED) is 0.688. The summed E-state index contributed by atoms with van der Waals surface area (Å²) in [6, 6.07) is 17.0. The van der Waals surface area contributed by atoms with E-state index in [0.29, 0.717) is 0 Å². The zero-order valence-corrected chi connectivity index (χ0v) is 12.6. The molecule has 2 aromatic carbocycles. The average Bonchev–Trinajstić information content (AvgIpc) is 2.49. The molecule has 0 radical (unpaired) electrons. The smallest absolute Gasteiger partial charge is 0.0384 e. The Hall–Kier alpha value is -2.54. The molecule has 0 aliphatic carbocycles. The van der Waals surface area contributed by atoms with Crippen LogP contribution in [-0.2, 0) is 0 Å². The van der Waals surface area contributed by atoms with Gasteiger partial charge in [-0.1, -0.05) is 66.8 Å². The number of nitrogens with one attached hydrogen (secondary N) is 1. The zero-order chi connectivity index (χ0) is 15.1. The third-order valence-electron chi connectivity index (χ3n) is 3.18. The van der Waals surface area contributed by atoms with Gasteiger partial charge in [-0.3, -0.25) is 0 Å². The standard InChI is InChI=1S/C20H21N/c1-4-5-6-7-17(3)21-20-14-12-19(13-15-20)18-10-8-16(2)9-11-18/h4-15,21H,3H2,1-2H3/b5-4-,7-6-. The zero-order valence-electron chi connectivity index (χ0n) is 12.6. The summed E-state index contributed by atoms with van der Waals surface area (Å²) in [5.41, 5.74) is 5.65. The second kappa shape index (κ2) is 7.30. The Kier molecular flexibility index (Phi) is 5.16. The van der Waals surface area contributed by atoms with Crippen LogP contribution in [-0.4, -0.2) is 0 Å². The maximum atomic E-state index is 3.98. The van der Waals surface area contributed by atoms with Gasteiger partial charge < -0.3 is 5.32 Å². The molecule has 0 amide bonds. The lowest BCUT2D eigenvalue weighted by Gasteiger charge is -2.07. The number of aryl methyl sites for hydroxylation is 1. The Labute approximate surface area is 127 Å². The summed E-state index contributed by atoms with van der Waals surface area (Å²) in [7, 11) is 0. The number of hydrogen-bond acceptors (Lipinski definition) is 1. The van der Waals surface area contributed by atoms with E-state index in [0.717, 1.165) is 11.4 Å². The van der Waals surface area contributed by atoms with Crippen molar-refractivity contribution in [3.05, 3.63) is 90.7 Å². The van der Waals surface area contributed by atoms with E-state index in [4.69, 9.17) is 0 Å². The van der Waals surface area contributed by atoms with Crippen LogP contribution in [0, 0.1) is 6.92 Å². The minimum Gasteiger partial charge on any atom is -0.356 e. The lowest BCUT2D eigenvalue weighted by molar-refractivity contribution is 1.46. The predicted octanol–water partition coefficient (Wildman–Crippen LogP) is 5.72. The van der Waals surface area contributed by atoms with Gasteiger partial charge in [0.05, 0.1) is 0 Å². The van der Waals surface area contributed by atoms with E-state index in [2.05, 4.69) is 67.4 Å². The van der Waals surface area contributed by atoms with Gasteiger partial charge in [-0.2, -0.15) is 0 Å². The van der Waals surface area contributed by atoms with Gasteiger partial charge in [-0.05, 0) is 43.2 Å². The van der Waals surface area contributed by atoms with Crippen molar-refractivity contribution in [2.45, 2.75) is 13.8 Å². The van der Waals surface area contributed by atoms with E-state index >= 15 is 0 Å². The first-order chi connectivity index (χ1) is 10.2. The molecule has 2 rings (SSSR count). The first kappa shape index (κ1) is 14.9. The van der Waals surface area contributed by atoms with E-state index in [9.17, 15) is 0 Å². The summed E-state index contributed by atoms with van der Waals surface area (Å²) in [6.45, 7) is 8.07. The third kappa shape index (κ3) is 4.50. The molecule has 0 bridgehead atoms. The third-order valence-corrected chi connectivity index (χ3v) is 3.18. The molecule has 0 saturated heterocycles. The van der Waals surface area contributed by atoms with Crippen molar-refractivity contribution in [2.24, 2.45) is 0 Å². The molecular formula is C20H21N. The summed E-state index contributed by atoms with van der Waals surface area (Å²) in [5, 5.41) is 3.27. The molecule has 0 aromatic heterocycles. The summed E-state index contributed by atoms with van der Waals surface area (Å²) in [4.78, 5) is 0. The molecule has 0 unspecified atom stereocenters. The highest BCUT2D eigenvalue weighted by Gasteiger charge is 1.98. The Morgan fingerprint density at radius 2 is 1.48 bits per heavy atom. The number of allylic oxidation sites excluding steroid dienone is 4. The topological polar surface area (TPSA) is 12.0 Å². The summed E-state index contributed by atoms with van der Waals surface area (Å²) in [6.07, 6.45) is 7.89. The van der Waals surface area contributed by atoms with Crippen molar-refractivity contribution < 1.29 is 0 Å². The van der Waals surface area contributed by atoms with Crippen LogP contribution in [0.5, 0.6) is 0 Å². The summed E-state index contributed by atoms with van der Waals surface area (Å²) < 4.78 is 0. The van der Waals surface area contributed by atoms with Gasteiger partial charge in [0.1, 0.15) is 0 Å². The largest absolute Gasteiger partial charge is 0.356 e. The Bertz CT molecular complexity index is 643. The molecule has 0 atom stereocenters. The van der Waals surface area contributed by atoms with Gasteiger partial charge in [0, 0.05) is 11.4 Å². The second-order valence-corrected chi connectivity index (χ2v) is 4.98. The van der Waals surface area contributed by atoms with Crippen LogP contribution in [0.1, 0.15) is 12.5 Å². The van der Waals surface area contributed by atoms with Crippen LogP contribution in [0.2, 0.25) is 0 Å². The Morgan fingerprint density at radius 3 is 2.05 bits per heavy atom. The van der Waals surface area contributed by atoms with Gasteiger partial charge in [0.2, 0.25) is 0 Å². The van der Waals surface area contributed by atoms with Gasteiger partial charge in [-0.25, -0.2) is 0 Å². The monoisotopic (exact) mass is 275 g/mol. The second-order valence-electron chi connectivity index (χ2n) is 4.98. The van der Waals surface area contributed by atoms with Crippen molar-refractivity contribution in [1.29, 1.82) is 0 Å². The van der Waals surface area contributed by atoms with Crippen LogP contribution >= 0.6 is 0 Å². The van der Waals surface area contributed by atoms with Crippen molar-refractivity contribution in [3.63, 3.8) is 0 Å². The van der Waals surface area contributed by atoms with Gasteiger partial charge >= 0.3 is 0 Å². The van der Waals surface area contributed by atoms with Gasteiger partial charge in [0.25, 0.3) is 0 Å². The molecule has 0 aliphatic heterocycles. The van der Waals surface area contributed by atoms with E-state index in [-0.39, 0.29) is 0 Å². The van der Waals surface area contributed by atoms with Crippen LogP contribution in [0.4, 0.5) is 5.69 Å². The molecule has 0 spiro atoms. The highest BCUT2D eigenvalue weighted by molar-refractivity contribution is 5.67. The Morgan fingerprint density at radius 1 is 0.905 bits per heavy atom. The number of rotatable bonds is 5. The van der Waals surface area contributed by atoms with E-state index < -0.39 is 0 Å². The SMILES string of the molecule is C=C(/C=C\C=C/C)Nc1ccc(-c2ccc(C)cc2)cc1. The minimum absolute atomic E-state index is 0.871. The van der Waals surface area contributed by atoms with Gasteiger partial charge in [-0.15, -0.1) is 0 Å². The molecule has 1 N–H and O–H groups in total. The summed E-state index contributed by atoms with van der Waals surface area (Å²) >= 11 is 0. The molecule has 106 valence electrons. The van der Waals surface area contributed by atoms with Gasteiger partial charge in [0.15, 0.2) is 0 Å². The van der Waals surface area contributed by atoms with Crippen molar-refractivity contribution in [2.75, 3.05) is 5.32 Å². The van der Waals surface area contributed by atoms with Crippen LogP contribution in [0.3, 0.4) is 0 Å². The fourth-order valence-electron chi connectivity index (χ4n) is 2.00. The molecule has 21 heavy (non-hydrogen) atoms. The first-order valence-corrected chi connectivity index (χ1v) is 7.11. The van der Waals surface area contributed by atoms with E-state index in [1.54, 1.807) is 0 Å². The molecule has 2 aromatic rings. The molecular weight excluding hydrogens is 254 g/mol. The van der Waals surface area contributed by atoms with Crippen molar-refractivity contribution in [3.8, 4) is 11.1 Å². The average molecular weight is 275 g/mol. The molecule has 1 nitrogen and oxygen atoms in total. The molecule has 0 aliphatic rings. The molecule has 0 saturated carbocycles. The minimum atomic E-state index is 0.871. The lowest BCUT2D eigenvalue weighted by atomic mass is 10.0. The maximum Gasteiger partial charge on any atom is 0.0384 e. The van der Waals surface area contributed by atoms with Crippen molar-refractivity contribution >= 4 is 5.69 Å². The predicted molar refractivity (Wildman–Crippen MR) is 93.3 cm³/mol. The maximum absolute atomic E-state index is 3.98. The normalized spacial score (nSPS) is 11.1. The van der Waals surface area contributed by atoms with E-state index in [1.165, 1.54) is 16.7 Å². The lowest BCUT2D eigenvalue weighted by Crippen LogP contribution is -1.94. The first-order valence-electron chi connectivity index (χ1n) is 7.11. The highest BCUT2D eigenvalue weighted by Crippen LogP contribution is 2.22. The van der Waals surface area contributed by atoms with Crippen LogP contribution in [0.25, 0.3) is 11.1 Å². The molecule has 0 heterocycles. The number of benzene rings is 2. The fourth-order valence-corrected chi connectivity index (χ4v) is 2.00. The highest BCUT2D eigenvalue weighted by atomic mass is 14.9. The van der Waals surface area contributed by atoms with Crippen molar-refractivity contribution in [1.82, 2.24) is 0 Å². The van der Waals surface area contributed by atoms with Crippen LogP contribution < -0.4 is 5.32 Å². The van der Waals surface area contributed by atoms with E-state index in [1.807, 2.05) is 31.2 Å². The number of anilines is 1. The number of hydrogen-bond donors (Lipinski definition) is 1.